The van der Waals surface area contributed by atoms with E-state index in [0.717, 1.165) is 19.0 Å². The van der Waals surface area contributed by atoms with Gasteiger partial charge in [-0.2, -0.15) is 0 Å². The molecule has 4 nitrogen and oxygen atoms in total. The molecule has 0 heterocycles. The Hall–Kier alpha value is 0.491. The molecule has 0 aliphatic heterocycles. The number of aliphatic hydroxyl groups excluding tert-OH is 1. The van der Waals surface area contributed by atoms with Crippen molar-refractivity contribution in [3.05, 3.63) is 0 Å². The van der Waals surface area contributed by atoms with Gasteiger partial charge in [-0.1, -0.05) is 39.3 Å². The fourth-order valence-corrected chi connectivity index (χ4v) is 14.1. The van der Waals surface area contributed by atoms with E-state index in [2.05, 4.69) is 43.5 Å². The summed E-state index contributed by atoms with van der Waals surface area (Å²) < 4.78 is 13.7. The van der Waals surface area contributed by atoms with Crippen LogP contribution in [0.5, 0.6) is 0 Å². The van der Waals surface area contributed by atoms with Crippen LogP contribution >= 0.6 is 0 Å². The predicted molar refractivity (Wildman–Crippen MR) is 89.7 cm³/mol. The highest BCUT2D eigenvalue weighted by Gasteiger charge is 2.37. The van der Waals surface area contributed by atoms with E-state index in [4.69, 9.17) is 8.85 Å². The Morgan fingerprint density at radius 3 is 1.58 bits per heavy atom. The molecule has 0 rings (SSSR count). The fraction of sp³-hybridized carbons (Fsp3) is 1.00. The van der Waals surface area contributed by atoms with Crippen LogP contribution in [0.1, 0.15) is 6.42 Å². The minimum atomic E-state index is -2.34. The van der Waals surface area contributed by atoms with Gasteiger partial charge in [0.05, 0.1) is 6.23 Å². The van der Waals surface area contributed by atoms with E-state index in [-0.39, 0.29) is 6.23 Å². The third-order valence-electron chi connectivity index (χ3n) is 3.54. The monoisotopic (exact) mass is 323 g/mol. The van der Waals surface area contributed by atoms with Gasteiger partial charge in [-0.05, 0) is 19.0 Å². The Labute approximate surface area is 122 Å². The molecule has 0 radical (unpaired) electrons. The van der Waals surface area contributed by atoms with Gasteiger partial charge in [-0.15, -0.1) is 0 Å². The zero-order valence-corrected chi connectivity index (χ0v) is 17.0. The molecule has 0 saturated carbocycles. The lowest BCUT2D eigenvalue weighted by atomic mass is 10.5. The highest BCUT2D eigenvalue weighted by Crippen LogP contribution is 2.22. The van der Waals surface area contributed by atoms with Crippen LogP contribution in [0.3, 0.4) is 0 Å². The molecule has 0 atom stereocenters. The van der Waals surface area contributed by atoms with Gasteiger partial charge in [0.15, 0.2) is 0 Å². The topological polar surface area (TPSA) is 41.9 Å². The predicted octanol–water partition coefficient (Wildman–Crippen LogP) is 2.61. The molecule has 0 aliphatic rings. The molecule has 116 valence electrons. The molecule has 0 aromatic rings. The van der Waals surface area contributed by atoms with Crippen LogP contribution in [0, 0.1) is 0 Å². The second-order valence-electron chi connectivity index (χ2n) is 7.07. The molecule has 19 heavy (non-hydrogen) atoms. The zero-order chi connectivity index (χ0) is 15.3. The van der Waals surface area contributed by atoms with Gasteiger partial charge in [-0.3, -0.25) is 0 Å². The van der Waals surface area contributed by atoms with Crippen molar-refractivity contribution in [2.24, 2.45) is 0 Å². The van der Waals surface area contributed by atoms with Crippen molar-refractivity contribution in [2.45, 2.75) is 51.7 Å². The lowest BCUT2D eigenvalue weighted by molar-refractivity contribution is 0.195. The van der Waals surface area contributed by atoms with Crippen molar-refractivity contribution < 1.29 is 14.0 Å². The first-order valence-corrected chi connectivity index (χ1v) is 16.1. The van der Waals surface area contributed by atoms with Gasteiger partial charge < -0.3 is 18.2 Å². The second kappa shape index (κ2) is 7.49. The SMILES string of the molecule is CO[Si](CO)(CCCN([Si](C)(C)C)[Si](C)(C)C)OC. The summed E-state index contributed by atoms with van der Waals surface area (Å²) in [6.45, 7) is 15.6. The van der Waals surface area contributed by atoms with E-state index in [9.17, 15) is 5.11 Å². The van der Waals surface area contributed by atoms with Crippen LogP contribution in [0.25, 0.3) is 0 Å². The normalized spacial score (nSPS) is 14.2. The molecule has 0 bridgehead atoms. The Morgan fingerprint density at radius 1 is 0.895 bits per heavy atom. The van der Waals surface area contributed by atoms with Crippen molar-refractivity contribution in [3.8, 4) is 0 Å². The lowest BCUT2D eigenvalue weighted by Gasteiger charge is -2.44. The van der Waals surface area contributed by atoms with Crippen LogP contribution in [0.15, 0.2) is 0 Å². The third-order valence-corrected chi connectivity index (χ3v) is 14.3. The minimum absolute atomic E-state index is 0.0416. The number of aliphatic hydroxyl groups is 1. The van der Waals surface area contributed by atoms with E-state index < -0.39 is 25.0 Å². The van der Waals surface area contributed by atoms with Gasteiger partial charge in [0.1, 0.15) is 16.5 Å². The highest BCUT2D eigenvalue weighted by atomic mass is 28.4. The summed E-state index contributed by atoms with van der Waals surface area (Å²) in [5.74, 6) is 0. The van der Waals surface area contributed by atoms with Gasteiger partial charge in [0, 0.05) is 14.2 Å². The summed E-state index contributed by atoms with van der Waals surface area (Å²) in [7, 11) is -1.60. The largest absolute Gasteiger partial charge is 0.396 e. The summed E-state index contributed by atoms with van der Waals surface area (Å²) in [6.07, 6.45) is 1.09. The van der Waals surface area contributed by atoms with E-state index in [1.165, 1.54) is 0 Å². The average Bonchev–Trinajstić information content (AvgIpc) is 2.27. The molecule has 0 aromatic heterocycles. The molecule has 0 fully saturated rings. The molecule has 0 amide bonds. The minimum Gasteiger partial charge on any atom is -0.396 e. The Bertz CT molecular complexity index is 238. The average molecular weight is 324 g/mol. The standard InChI is InChI=1S/C12H33NO3Si3/c1-15-19(12-14,16-2)11-9-10-13(17(3,4)5)18(6,7)8/h14H,9-12H2,1-8H3. The number of hydrogen-bond donors (Lipinski definition) is 1. The molecular formula is C12H33NO3Si3. The molecule has 0 saturated heterocycles. The number of nitrogens with zero attached hydrogens (tertiary/aromatic N) is 1. The Kier molecular flexibility index (Phi) is 7.68. The fourth-order valence-electron chi connectivity index (χ4n) is 2.68. The van der Waals surface area contributed by atoms with Crippen LogP contribution < -0.4 is 0 Å². The van der Waals surface area contributed by atoms with Crippen molar-refractivity contribution >= 4 is 25.0 Å². The Morgan fingerprint density at radius 2 is 1.32 bits per heavy atom. The number of hydrogen-bond acceptors (Lipinski definition) is 4. The van der Waals surface area contributed by atoms with E-state index >= 15 is 0 Å². The van der Waals surface area contributed by atoms with E-state index in [1.54, 1.807) is 14.2 Å². The van der Waals surface area contributed by atoms with Crippen LogP contribution in [-0.4, -0.2) is 61.4 Å². The molecule has 0 unspecified atom stereocenters. The summed E-state index contributed by atoms with van der Waals surface area (Å²) in [4.78, 5) is 0. The van der Waals surface area contributed by atoms with Gasteiger partial charge in [0.25, 0.3) is 0 Å². The Balaban J connectivity index is 4.59. The van der Waals surface area contributed by atoms with Crippen molar-refractivity contribution in [3.63, 3.8) is 0 Å². The van der Waals surface area contributed by atoms with Crippen LogP contribution in [0.2, 0.25) is 45.3 Å². The van der Waals surface area contributed by atoms with E-state index in [0.29, 0.717) is 0 Å². The van der Waals surface area contributed by atoms with Crippen molar-refractivity contribution in [2.75, 3.05) is 27.0 Å². The molecule has 1 N–H and O–H groups in total. The zero-order valence-electron chi connectivity index (χ0n) is 14.0. The first kappa shape index (κ1) is 19.5. The maximum Gasteiger partial charge on any atom is 0.364 e. The molecular weight excluding hydrogens is 290 g/mol. The maximum absolute atomic E-state index is 9.48. The number of rotatable bonds is 9. The van der Waals surface area contributed by atoms with Gasteiger partial charge in [-0.25, -0.2) is 0 Å². The smallest absolute Gasteiger partial charge is 0.364 e. The van der Waals surface area contributed by atoms with Crippen molar-refractivity contribution in [1.82, 2.24) is 4.23 Å². The maximum atomic E-state index is 9.48. The van der Waals surface area contributed by atoms with Gasteiger partial charge in [0.2, 0.25) is 0 Å². The summed E-state index contributed by atoms with van der Waals surface area (Å²) in [5, 5.41) is 9.48. The van der Waals surface area contributed by atoms with Crippen LogP contribution in [-0.2, 0) is 8.85 Å². The molecule has 0 aromatic carbocycles. The van der Waals surface area contributed by atoms with Crippen LogP contribution in [0.4, 0.5) is 0 Å². The first-order chi connectivity index (χ1) is 8.52. The molecule has 0 spiro atoms. The second-order valence-corrected chi connectivity index (χ2v) is 20.7. The molecule has 7 heteroatoms. The van der Waals surface area contributed by atoms with Gasteiger partial charge >= 0.3 is 8.56 Å². The lowest BCUT2D eigenvalue weighted by Crippen LogP contribution is -2.59. The summed E-state index contributed by atoms with van der Waals surface area (Å²) >= 11 is 0. The first-order valence-electron chi connectivity index (χ1n) is 7.01. The quantitative estimate of drug-likeness (QED) is 0.662. The summed E-state index contributed by atoms with van der Waals surface area (Å²) in [5.41, 5.74) is 0. The van der Waals surface area contributed by atoms with E-state index in [1.807, 2.05) is 0 Å². The highest BCUT2D eigenvalue weighted by molar-refractivity contribution is 6.89. The van der Waals surface area contributed by atoms with Crippen molar-refractivity contribution in [1.29, 1.82) is 0 Å². The third kappa shape index (κ3) is 6.19. The molecule has 0 aliphatic carbocycles. The summed E-state index contributed by atoms with van der Waals surface area (Å²) in [6, 6.07) is 0.863.